The van der Waals surface area contributed by atoms with E-state index in [-0.39, 0.29) is 13.2 Å². The van der Waals surface area contributed by atoms with Crippen molar-refractivity contribution < 1.29 is 10.2 Å². The number of aliphatic hydroxyl groups is 2. The van der Waals surface area contributed by atoms with E-state index in [1.165, 1.54) is 5.56 Å². The van der Waals surface area contributed by atoms with Crippen molar-refractivity contribution in [3.05, 3.63) is 90.0 Å². The van der Waals surface area contributed by atoms with E-state index >= 15 is 0 Å². The van der Waals surface area contributed by atoms with Crippen molar-refractivity contribution in [3.8, 4) is 0 Å². The highest BCUT2D eigenvalue weighted by molar-refractivity contribution is 5.76. The summed E-state index contributed by atoms with van der Waals surface area (Å²) in [6.45, 7) is 0.384. The van der Waals surface area contributed by atoms with E-state index in [1.807, 2.05) is 18.2 Å². The zero-order valence-corrected chi connectivity index (χ0v) is 14.9. The van der Waals surface area contributed by atoms with Gasteiger partial charge in [0.25, 0.3) is 0 Å². The molecule has 0 fully saturated rings. The first-order chi connectivity index (χ1) is 12.8. The Kier molecular flexibility index (Phi) is 6.42. The Morgan fingerprint density at radius 2 is 1.04 bits per heavy atom. The Morgan fingerprint density at radius 1 is 0.538 bits per heavy atom. The Morgan fingerprint density at radius 3 is 1.54 bits per heavy atom. The van der Waals surface area contributed by atoms with Crippen LogP contribution in [0.15, 0.2) is 78.9 Å². The van der Waals surface area contributed by atoms with Crippen LogP contribution in [0, 0.1) is 0 Å². The van der Waals surface area contributed by atoms with Gasteiger partial charge in [-0.3, -0.25) is 0 Å². The number of aryl methyl sites for hydroxylation is 1. The van der Waals surface area contributed by atoms with Gasteiger partial charge < -0.3 is 15.1 Å². The Hall–Kier alpha value is -2.62. The summed E-state index contributed by atoms with van der Waals surface area (Å²) in [5.41, 5.74) is 5.64. The summed E-state index contributed by atoms with van der Waals surface area (Å²) in [7, 11) is 0. The molecule has 0 aliphatic rings. The highest BCUT2D eigenvalue weighted by Crippen LogP contribution is 2.34. The normalized spacial score (nSPS) is 10.7. The minimum Gasteiger partial charge on any atom is -0.396 e. The van der Waals surface area contributed by atoms with Gasteiger partial charge in [0.15, 0.2) is 0 Å². The predicted molar refractivity (Wildman–Crippen MR) is 107 cm³/mol. The van der Waals surface area contributed by atoms with Gasteiger partial charge >= 0.3 is 0 Å². The lowest BCUT2D eigenvalue weighted by Crippen LogP contribution is -2.10. The molecule has 26 heavy (non-hydrogen) atoms. The topological polar surface area (TPSA) is 43.7 Å². The van der Waals surface area contributed by atoms with Gasteiger partial charge in [0.2, 0.25) is 0 Å². The van der Waals surface area contributed by atoms with Gasteiger partial charge in [-0.05, 0) is 66.8 Å². The number of benzene rings is 3. The molecule has 3 aromatic carbocycles. The van der Waals surface area contributed by atoms with Crippen molar-refractivity contribution in [3.63, 3.8) is 0 Å². The molecular formula is C23H25NO2. The van der Waals surface area contributed by atoms with Crippen LogP contribution in [0.2, 0.25) is 0 Å². The predicted octanol–water partition coefficient (Wildman–Crippen LogP) is 4.62. The van der Waals surface area contributed by atoms with E-state index in [9.17, 15) is 0 Å². The number of hydrogen-bond donors (Lipinski definition) is 2. The molecule has 3 aromatic rings. The quantitative estimate of drug-likeness (QED) is 0.625. The number of hydrogen-bond acceptors (Lipinski definition) is 3. The van der Waals surface area contributed by atoms with Crippen LogP contribution in [0.1, 0.15) is 17.5 Å². The summed E-state index contributed by atoms with van der Waals surface area (Å²) in [4.78, 5) is 2.22. The first-order valence-corrected chi connectivity index (χ1v) is 9.06. The molecule has 0 unspecified atom stereocenters. The molecule has 0 aromatic heterocycles. The van der Waals surface area contributed by atoms with Crippen molar-refractivity contribution in [2.24, 2.45) is 0 Å². The van der Waals surface area contributed by atoms with Crippen LogP contribution in [0.5, 0.6) is 0 Å². The maximum atomic E-state index is 9.12. The second kappa shape index (κ2) is 9.18. The molecule has 3 rings (SSSR count). The molecule has 3 heteroatoms. The van der Waals surface area contributed by atoms with E-state index < -0.39 is 0 Å². The van der Waals surface area contributed by atoms with E-state index in [1.54, 1.807) is 0 Å². The minimum absolute atomic E-state index is 0.164. The van der Waals surface area contributed by atoms with Crippen LogP contribution in [0.25, 0.3) is 0 Å². The maximum Gasteiger partial charge on any atom is 0.0471 e. The van der Waals surface area contributed by atoms with Crippen LogP contribution in [-0.2, 0) is 12.8 Å². The molecule has 0 atom stereocenters. The van der Waals surface area contributed by atoms with E-state index in [0.717, 1.165) is 35.5 Å². The lowest BCUT2D eigenvalue weighted by Gasteiger charge is -2.25. The molecule has 0 heterocycles. The summed E-state index contributed by atoms with van der Waals surface area (Å²) in [6, 6.07) is 27.1. The Balaban J connectivity index is 1.93. The van der Waals surface area contributed by atoms with Gasteiger partial charge in [-0.1, -0.05) is 42.5 Å². The lowest BCUT2D eigenvalue weighted by molar-refractivity contribution is 0.288. The van der Waals surface area contributed by atoms with Gasteiger partial charge in [-0.2, -0.15) is 0 Å². The fourth-order valence-corrected chi connectivity index (χ4v) is 3.06. The van der Waals surface area contributed by atoms with Crippen LogP contribution in [0.4, 0.5) is 17.1 Å². The summed E-state index contributed by atoms with van der Waals surface area (Å²) in [5, 5.41) is 18.1. The van der Waals surface area contributed by atoms with Gasteiger partial charge in [-0.25, -0.2) is 0 Å². The van der Waals surface area contributed by atoms with Gasteiger partial charge in [0, 0.05) is 30.3 Å². The second-order valence-corrected chi connectivity index (χ2v) is 6.30. The number of nitrogens with zero attached hydrogens (tertiary/aromatic N) is 1. The first-order valence-electron chi connectivity index (χ1n) is 9.06. The van der Waals surface area contributed by atoms with Crippen molar-refractivity contribution in [2.75, 3.05) is 18.1 Å². The Labute approximate surface area is 155 Å². The van der Waals surface area contributed by atoms with E-state index in [2.05, 4.69) is 65.6 Å². The number of aliphatic hydroxyl groups excluding tert-OH is 2. The number of rotatable bonds is 8. The Bertz CT molecular complexity index is 783. The van der Waals surface area contributed by atoms with Crippen LogP contribution >= 0.6 is 0 Å². The molecule has 0 saturated heterocycles. The second-order valence-electron chi connectivity index (χ2n) is 6.30. The zero-order chi connectivity index (χ0) is 18.2. The molecule has 3 nitrogen and oxygen atoms in total. The number of anilines is 3. The standard InChI is InChI=1S/C23H25NO2/c25-17-4-5-19-8-12-22(13-9-19)24(21-6-2-1-3-7-21)23-14-10-20(11-15-23)16-18-26/h1-3,6-15,25-26H,4-5,16-18H2. The number of para-hydroxylation sites is 1. The molecule has 2 N–H and O–H groups in total. The highest BCUT2D eigenvalue weighted by atomic mass is 16.3. The molecule has 0 aliphatic heterocycles. The molecule has 0 saturated carbocycles. The smallest absolute Gasteiger partial charge is 0.0471 e. The zero-order valence-electron chi connectivity index (χ0n) is 14.9. The van der Waals surface area contributed by atoms with Gasteiger partial charge in [0.05, 0.1) is 0 Å². The third-order valence-corrected chi connectivity index (χ3v) is 4.43. The molecule has 0 amide bonds. The fourth-order valence-electron chi connectivity index (χ4n) is 3.06. The van der Waals surface area contributed by atoms with Crippen LogP contribution in [0.3, 0.4) is 0 Å². The van der Waals surface area contributed by atoms with Crippen molar-refractivity contribution >= 4 is 17.1 Å². The van der Waals surface area contributed by atoms with E-state index in [4.69, 9.17) is 10.2 Å². The average molecular weight is 347 g/mol. The van der Waals surface area contributed by atoms with Gasteiger partial charge in [-0.15, -0.1) is 0 Å². The molecule has 0 spiro atoms. The monoisotopic (exact) mass is 347 g/mol. The summed E-state index contributed by atoms with van der Waals surface area (Å²) in [5.74, 6) is 0. The largest absolute Gasteiger partial charge is 0.396 e. The summed E-state index contributed by atoms with van der Waals surface area (Å²) < 4.78 is 0. The van der Waals surface area contributed by atoms with Crippen molar-refractivity contribution in [1.82, 2.24) is 0 Å². The van der Waals surface area contributed by atoms with E-state index in [0.29, 0.717) is 6.42 Å². The maximum absolute atomic E-state index is 9.12. The SMILES string of the molecule is OCCCc1ccc(N(c2ccccc2)c2ccc(CCO)cc2)cc1. The first kappa shape index (κ1) is 18.2. The molecular weight excluding hydrogens is 322 g/mol. The van der Waals surface area contributed by atoms with Crippen LogP contribution < -0.4 is 4.90 Å². The minimum atomic E-state index is 0.164. The molecule has 134 valence electrons. The van der Waals surface area contributed by atoms with Crippen molar-refractivity contribution in [2.45, 2.75) is 19.3 Å². The van der Waals surface area contributed by atoms with Crippen molar-refractivity contribution in [1.29, 1.82) is 0 Å². The molecule has 0 bridgehead atoms. The molecule has 0 radical (unpaired) electrons. The third kappa shape index (κ3) is 4.51. The average Bonchev–Trinajstić information content (AvgIpc) is 2.70. The molecule has 0 aliphatic carbocycles. The van der Waals surface area contributed by atoms with Crippen LogP contribution in [-0.4, -0.2) is 23.4 Å². The lowest BCUT2D eigenvalue weighted by atomic mass is 10.1. The summed E-state index contributed by atoms with van der Waals surface area (Å²) >= 11 is 0. The fraction of sp³-hybridized carbons (Fsp3) is 0.217. The third-order valence-electron chi connectivity index (χ3n) is 4.43. The van der Waals surface area contributed by atoms with Gasteiger partial charge in [0.1, 0.15) is 0 Å². The highest BCUT2D eigenvalue weighted by Gasteiger charge is 2.12. The summed E-state index contributed by atoms with van der Waals surface area (Å²) in [6.07, 6.45) is 2.34.